The zero-order valence-corrected chi connectivity index (χ0v) is 14.2. The summed E-state index contributed by atoms with van der Waals surface area (Å²) in [7, 11) is 1.46. The summed E-state index contributed by atoms with van der Waals surface area (Å²) in [5.41, 5.74) is 0.778. The maximum Gasteiger partial charge on any atom is 0.426 e. The normalized spacial score (nSPS) is 13.5. The number of carbonyl (C=O) groups excluding carboxylic acids is 1. The molecule has 2 aromatic carbocycles. The number of hydrogen-bond acceptors (Lipinski definition) is 5. The average Bonchev–Trinajstić information content (AvgIpc) is 2.50. The van der Waals surface area contributed by atoms with Gasteiger partial charge in [0.15, 0.2) is 17.2 Å². The average molecular weight is 372 g/mol. The number of rotatable bonds is 3. The molecule has 0 bridgehead atoms. The molecule has 3 rings (SSSR count). The van der Waals surface area contributed by atoms with E-state index in [9.17, 15) is 9.90 Å². The van der Waals surface area contributed by atoms with Gasteiger partial charge in [-0.3, -0.25) is 0 Å². The molecule has 0 aliphatic carbocycles. The summed E-state index contributed by atoms with van der Waals surface area (Å²) in [6, 6.07) is 8.08. The van der Waals surface area contributed by atoms with E-state index in [1.165, 1.54) is 35.5 Å². The Morgan fingerprint density at radius 2 is 2.09 bits per heavy atom. The van der Waals surface area contributed by atoms with E-state index in [2.05, 4.69) is 0 Å². The van der Waals surface area contributed by atoms with Crippen molar-refractivity contribution in [1.82, 2.24) is 4.31 Å². The maximum atomic E-state index is 12.1. The molecular weight excluding hydrogens is 361 g/mol. The molecule has 0 aromatic heterocycles. The summed E-state index contributed by atoms with van der Waals surface area (Å²) in [4.78, 5) is 12.8. The summed E-state index contributed by atoms with van der Waals surface area (Å²) in [6.07, 6.45) is -0.529. The lowest BCUT2D eigenvalue weighted by Gasteiger charge is -2.27. The molecule has 0 spiro atoms. The molecule has 120 valence electrons. The van der Waals surface area contributed by atoms with Gasteiger partial charge in [0.25, 0.3) is 0 Å². The minimum Gasteiger partial charge on any atom is -0.504 e. The summed E-state index contributed by atoms with van der Waals surface area (Å²) >= 11 is 13.2. The smallest absolute Gasteiger partial charge is 0.426 e. The number of phenolic OH excluding ortho intramolecular Hbond substituents is 1. The van der Waals surface area contributed by atoms with Crippen LogP contribution in [0.5, 0.6) is 17.2 Å². The fraction of sp³-hybridized carbons (Fsp3) is 0.133. The highest BCUT2D eigenvalue weighted by atomic mass is 35.5. The van der Waals surface area contributed by atoms with Gasteiger partial charge in [-0.1, -0.05) is 29.3 Å². The molecule has 0 unspecified atom stereocenters. The molecular formula is C15H11Cl2NO4S. The van der Waals surface area contributed by atoms with Crippen LogP contribution in [0.15, 0.2) is 35.2 Å². The number of benzene rings is 2. The van der Waals surface area contributed by atoms with Crippen molar-refractivity contribution in [2.75, 3.05) is 7.11 Å². The number of amides is 1. The number of phenols is 1. The third-order valence-corrected chi connectivity index (χ3v) is 4.64. The van der Waals surface area contributed by atoms with Gasteiger partial charge in [-0.25, -0.2) is 9.10 Å². The predicted molar refractivity (Wildman–Crippen MR) is 88.5 cm³/mol. The molecule has 5 nitrogen and oxygen atoms in total. The number of aromatic hydroxyl groups is 1. The summed E-state index contributed by atoms with van der Waals surface area (Å²) < 4.78 is 11.8. The van der Waals surface area contributed by atoms with Crippen LogP contribution in [0, 0.1) is 0 Å². The van der Waals surface area contributed by atoms with Crippen LogP contribution in [-0.4, -0.2) is 22.6 Å². The first kappa shape index (κ1) is 16.1. The van der Waals surface area contributed by atoms with Gasteiger partial charge in [-0.2, -0.15) is 0 Å². The molecule has 23 heavy (non-hydrogen) atoms. The van der Waals surface area contributed by atoms with Gasteiger partial charge in [-0.15, -0.1) is 0 Å². The van der Waals surface area contributed by atoms with Gasteiger partial charge < -0.3 is 14.6 Å². The maximum absolute atomic E-state index is 12.1. The summed E-state index contributed by atoms with van der Waals surface area (Å²) in [6.45, 7) is 0.268. The van der Waals surface area contributed by atoms with E-state index in [0.29, 0.717) is 26.4 Å². The number of hydrogen-bond donors (Lipinski definition) is 1. The monoisotopic (exact) mass is 371 g/mol. The van der Waals surface area contributed by atoms with E-state index in [0.717, 1.165) is 5.56 Å². The molecule has 1 N–H and O–H groups in total. The summed E-state index contributed by atoms with van der Waals surface area (Å²) in [5, 5.41) is 10.4. The van der Waals surface area contributed by atoms with Crippen LogP contribution in [0.25, 0.3) is 0 Å². The van der Waals surface area contributed by atoms with Crippen LogP contribution >= 0.6 is 35.1 Å². The van der Waals surface area contributed by atoms with Gasteiger partial charge in [0.1, 0.15) is 0 Å². The minimum atomic E-state index is -0.529. The van der Waals surface area contributed by atoms with Crippen molar-refractivity contribution >= 4 is 41.2 Å². The van der Waals surface area contributed by atoms with Crippen LogP contribution < -0.4 is 9.47 Å². The largest absolute Gasteiger partial charge is 0.504 e. The zero-order valence-electron chi connectivity index (χ0n) is 11.9. The van der Waals surface area contributed by atoms with Crippen molar-refractivity contribution in [3.8, 4) is 17.2 Å². The SMILES string of the molecule is COc1cc(CN2Sc3cc(Cl)cc(Cl)c3OC2=O)ccc1O. The van der Waals surface area contributed by atoms with Gasteiger partial charge >= 0.3 is 6.09 Å². The first-order valence-corrected chi connectivity index (χ1v) is 8.03. The van der Waals surface area contributed by atoms with Gasteiger partial charge in [0.2, 0.25) is 0 Å². The lowest BCUT2D eigenvalue weighted by Crippen LogP contribution is -2.30. The van der Waals surface area contributed by atoms with Crippen LogP contribution in [0.2, 0.25) is 10.0 Å². The Morgan fingerprint density at radius 3 is 2.83 bits per heavy atom. The summed E-state index contributed by atoms with van der Waals surface area (Å²) in [5.74, 6) is 0.684. The second-order valence-corrected chi connectivity index (χ2v) is 6.62. The van der Waals surface area contributed by atoms with Crippen LogP contribution in [0.1, 0.15) is 5.56 Å². The number of fused-ring (bicyclic) bond motifs is 1. The Bertz CT molecular complexity index is 784. The van der Waals surface area contributed by atoms with Crippen LogP contribution in [0.3, 0.4) is 0 Å². The Kier molecular flexibility index (Phi) is 4.48. The Balaban J connectivity index is 1.85. The van der Waals surface area contributed by atoms with E-state index in [-0.39, 0.29) is 12.3 Å². The van der Waals surface area contributed by atoms with Crippen LogP contribution in [0.4, 0.5) is 4.79 Å². The minimum absolute atomic E-state index is 0.0361. The number of nitrogens with zero attached hydrogens (tertiary/aromatic N) is 1. The molecule has 0 saturated heterocycles. The zero-order chi connectivity index (χ0) is 16.6. The van der Waals surface area contributed by atoms with Crippen molar-refractivity contribution in [3.05, 3.63) is 45.9 Å². The first-order valence-electron chi connectivity index (χ1n) is 6.50. The van der Waals surface area contributed by atoms with E-state index in [4.69, 9.17) is 32.7 Å². The number of ether oxygens (including phenoxy) is 2. The Labute approximate surface area is 146 Å². The molecule has 1 amide bonds. The molecule has 0 saturated carbocycles. The molecule has 0 atom stereocenters. The fourth-order valence-corrected chi connectivity index (χ4v) is 3.71. The lowest BCUT2D eigenvalue weighted by atomic mass is 10.2. The lowest BCUT2D eigenvalue weighted by molar-refractivity contribution is 0.176. The molecule has 1 aliphatic rings. The molecule has 0 fully saturated rings. The molecule has 1 aliphatic heterocycles. The van der Waals surface area contributed by atoms with Gasteiger partial charge in [-0.05, 0) is 41.8 Å². The third kappa shape index (κ3) is 3.29. The van der Waals surface area contributed by atoms with E-state index in [1.807, 2.05) is 0 Å². The van der Waals surface area contributed by atoms with E-state index >= 15 is 0 Å². The van der Waals surface area contributed by atoms with Gasteiger partial charge in [0.05, 0.1) is 23.6 Å². The number of halogens is 2. The second kappa shape index (κ2) is 6.39. The molecule has 8 heteroatoms. The van der Waals surface area contributed by atoms with Crippen LogP contribution in [-0.2, 0) is 6.54 Å². The number of carbonyl (C=O) groups is 1. The first-order chi connectivity index (χ1) is 11.0. The topological polar surface area (TPSA) is 59.0 Å². The number of methoxy groups -OCH3 is 1. The van der Waals surface area contributed by atoms with E-state index < -0.39 is 6.09 Å². The third-order valence-electron chi connectivity index (χ3n) is 3.15. The predicted octanol–water partition coefficient (Wildman–Crippen LogP) is 4.73. The highest BCUT2D eigenvalue weighted by Crippen LogP contribution is 2.44. The molecule has 2 aromatic rings. The molecule has 0 radical (unpaired) electrons. The highest BCUT2D eigenvalue weighted by Gasteiger charge is 2.28. The highest BCUT2D eigenvalue weighted by molar-refractivity contribution is 7.97. The standard InChI is InChI=1S/C15H11Cl2NO4S/c1-21-12-4-8(2-3-11(12)19)7-18-15(20)22-14-10(17)5-9(16)6-13(14)23-18/h2-6,19H,7H2,1H3. The van der Waals surface area contributed by atoms with Crippen molar-refractivity contribution in [3.63, 3.8) is 0 Å². The van der Waals surface area contributed by atoms with Crippen molar-refractivity contribution in [2.45, 2.75) is 11.4 Å². The second-order valence-electron chi connectivity index (χ2n) is 4.72. The van der Waals surface area contributed by atoms with Crippen molar-refractivity contribution in [1.29, 1.82) is 0 Å². The Hall–Kier alpha value is -1.76. The van der Waals surface area contributed by atoms with Gasteiger partial charge in [0, 0.05) is 5.02 Å². The molecule has 1 heterocycles. The van der Waals surface area contributed by atoms with Crippen molar-refractivity contribution < 1.29 is 19.4 Å². The van der Waals surface area contributed by atoms with Crippen molar-refractivity contribution in [2.24, 2.45) is 0 Å². The fourth-order valence-electron chi connectivity index (χ4n) is 2.08. The Morgan fingerprint density at radius 1 is 1.30 bits per heavy atom. The quantitative estimate of drug-likeness (QED) is 0.790. The van der Waals surface area contributed by atoms with E-state index in [1.54, 1.807) is 18.2 Å².